The van der Waals surface area contributed by atoms with Gasteiger partial charge in [0.1, 0.15) is 3.70 Å². The summed E-state index contributed by atoms with van der Waals surface area (Å²) in [4.78, 5) is 0. The second kappa shape index (κ2) is 4.15. The normalized spacial score (nSPS) is 28.3. The van der Waals surface area contributed by atoms with Gasteiger partial charge in [-0.15, -0.1) is 0 Å². The number of aromatic nitrogens is 2. The molecule has 1 saturated heterocycles. The van der Waals surface area contributed by atoms with Gasteiger partial charge in [-0.1, -0.05) is 0 Å². The highest BCUT2D eigenvalue weighted by Crippen LogP contribution is 2.46. The Morgan fingerprint density at radius 2 is 2.24 bits per heavy atom. The van der Waals surface area contributed by atoms with Gasteiger partial charge in [-0.3, -0.25) is 4.68 Å². The zero-order valence-electron chi connectivity index (χ0n) is 9.20. The Labute approximate surface area is 112 Å². The predicted octanol–water partition coefficient (Wildman–Crippen LogP) is 2.96. The monoisotopic (exact) mass is 354 g/mol. The number of hydrogen-bond donors (Lipinski definition) is 0. The fourth-order valence-electron chi connectivity index (χ4n) is 2.55. The average Bonchev–Trinajstić information content (AvgIpc) is 2.81. The summed E-state index contributed by atoms with van der Waals surface area (Å²) in [5.74, 6) is -2.17. The Balaban J connectivity index is 1.84. The molecular formula is C11H13F2IN2O. The zero-order valence-corrected chi connectivity index (χ0v) is 11.4. The largest absolute Gasteiger partial charge is 0.381 e. The van der Waals surface area contributed by atoms with Gasteiger partial charge in [0.25, 0.3) is 5.92 Å². The van der Waals surface area contributed by atoms with Gasteiger partial charge in [0.05, 0.1) is 12.6 Å². The van der Waals surface area contributed by atoms with Gasteiger partial charge in [0.15, 0.2) is 0 Å². The first-order chi connectivity index (χ1) is 8.05. The molecule has 1 aromatic rings. The summed E-state index contributed by atoms with van der Waals surface area (Å²) in [5.41, 5.74) is 1.06. The first-order valence-electron chi connectivity index (χ1n) is 5.76. The van der Waals surface area contributed by atoms with E-state index >= 15 is 0 Å². The molecule has 0 spiro atoms. The van der Waals surface area contributed by atoms with Crippen molar-refractivity contribution >= 4 is 22.6 Å². The molecule has 1 atom stereocenters. The standard InChI is InChI=1S/C11H13F2IN2O/c12-11(13)4-8(5-11)16-9(3-10(14)15-16)7-1-2-17-6-7/h3,7-8H,1-2,4-6H2. The van der Waals surface area contributed by atoms with Crippen molar-refractivity contribution < 1.29 is 13.5 Å². The van der Waals surface area contributed by atoms with E-state index in [0.29, 0.717) is 12.5 Å². The Morgan fingerprint density at radius 3 is 2.82 bits per heavy atom. The van der Waals surface area contributed by atoms with E-state index in [1.54, 1.807) is 4.68 Å². The van der Waals surface area contributed by atoms with Crippen LogP contribution in [0.15, 0.2) is 6.07 Å². The molecule has 17 heavy (non-hydrogen) atoms. The topological polar surface area (TPSA) is 27.1 Å². The van der Waals surface area contributed by atoms with Crippen molar-refractivity contribution in [2.75, 3.05) is 13.2 Å². The molecule has 3 rings (SSSR count). The third-order valence-electron chi connectivity index (χ3n) is 3.50. The maximum atomic E-state index is 12.9. The van der Waals surface area contributed by atoms with Crippen LogP contribution in [0.2, 0.25) is 0 Å². The summed E-state index contributed by atoms with van der Waals surface area (Å²) < 4.78 is 33.9. The number of rotatable bonds is 2. The van der Waals surface area contributed by atoms with E-state index in [2.05, 4.69) is 27.7 Å². The summed E-state index contributed by atoms with van der Waals surface area (Å²) in [7, 11) is 0. The quantitative estimate of drug-likeness (QED) is 0.764. The lowest BCUT2D eigenvalue weighted by Crippen LogP contribution is -2.38. The van der Waals surface area contributed by atoms with Crippen molar-refractivity contribution in [1.29, 1.82) is 0 Å². The second-order valence-electron chi connectivity index (χ2n) is 4.82. The molecular weight excluding hydrogens is 341 g/mol. The van der Waals surface area contributed by atoms with E-state index in [4.69, 9.17) is 4.74 Å². The van der Waals surface area contributed by atoms with Gasteiger partial charge in [-0.2, -0.15) is 5.10 Å². The summed E-state index contributed by atoms with van der Waals surface area (Å²) in [5, 5.41) is 4.36. The van der Waals surface area contributed by atoms with Crippen molar-refractivity contribution in [2.24, 2.45) is 0 Å². The highest BCUT2D eigenvalue weighted by Gasteiger charge is 2.47. The number of nitrogens with zero attached hydrogens (tertiary/aromatic N) is 2. The SMILES string of the molecule is FC1(F)CC(n2nc(I)cc2C2CCOC2)C1. The highest BCUT2D eigenvalue weighted by molar-refractivity contribution is 14.1. The van der Waals surface area contributed by atoms with Crippen LogP contribution < -0.4 is 0 Å². The average molecular weight is 354 g/mol. The third kappa shape index (κ3) is 2.21. The van der Waals surface area contributed by atoms with Crippen molar-refractivity contribution in [3.8, 4) is 0 Å². The number of alkyl halides is 2. The van der Waals surface area contributed by atoms with Crippen molar-refractivity contribution in [3.05, 3.63) is 15.5 Å². The molecule has 2 heterocycles. The van der Waals surface area contributed by atoms with Gasteiger partial charge < -0.3 is 4.74 Å². The van der Waals surface area contributed by atoms with Crippen LogP contribution in [0.25, 0.3) is 0 Å². The maximum Gasteiger partial charge on any atom is 0.252 e. The van der Waals surface area contributed by atoms with E-state index in [0.717, 1.165) is 22.4 Å². The van der Waals surface area contributed by atoms with Crippen LogP contribution in [0, 0.1) is 3.70 Å². The summed E-state index contributed by atoms with van der Waals surface area (Å²) in [6, 6.07) is 1.86. The van der Waals surface area contributed by atoms with E-state index in [1.807, 2.05) is 6.07 Å². The van der Waals surface area contributed by atoms with Crippen molar-refractivity contribution in [3.63, 3.8) is 0 Å². The lowest BCUT2D eigenvalue weighted by atomic mass is 9.87. The molecule has 1 unspecified atom stereocenters. The molecule has 0 aromatic carbocycles. The third-order valence-corrected chi connectivity index (χ3v) is 4.02. The van der Waals surface area contributed by atoms with E-state index in [-0.39, 0.29) is 18.9 Å². The van der Waals surface area contributed by atoms with E-state index in [9.17, 15) is 8.78 Å². The maximum absolute atomic E-state index is 12.9. The van der Waals surface area contributed by atoms with Crippen LogP contribution in [0.3, 0.4) is 0 Å². The highest BCUT2D eigenvalue weighted by atomic mass is 127. The van der Waals surface area contributed by atoms with E-state index in [1.165, 1.54) is 0 Å². The summed E-state index contributed by atoms with van der Waals surface area (Å²) >= 11 is 2.14. The molecule has 1 aliphatic carbocycles. The minimum absolute atomic E-state index is 0.0780. The fraction of sp³-hybridized carbons (Fsp3) is 0.727. The van der Waals surface area contributed by atoms with Crippen molar-refractivity contribution in [2.45, 2.75) is 37.1 Å². The second-order valence-corrected chi connectivity index (χ2v) is 5.92. The predicted molar refractivity (Wildman–Crippen MR) is 66.3 cm³/mol. The molecule has 0 bridgehead atoms. The first kappa shape index (κ1) is 11.8. The van der Waals surface area contributed by atoms with Crippen LogP contribution in [0.1, 0.15) is 36.9 Å². The Hall–Kier alpha value is -0.240. The van der Waals surface area contributed by atoms with Crippen LogP contribution in [-0.4, -0.2) is 28.9 Å². The molecule has 0 amide bonds. The molecule has 1 saturated carbocycles. The summed E-state index contributed by atoms with van der Waals surface area (Å²) in [6.07, 6.45) is 0.807. The Bertz CT molecular complexity index is 421. The van der Waals surface area contributed by atoms with Gasteiger partial charge >= 0.3 is 0 Å². The minimum Gasteiger partial charge on any atom is -0.381 e. The molecule has 94 valence electrons. The molecule has 3 nitrogen and oxygen atoms in total. The number of ether oxygens (including phenoxy) is 1. The van der Waals surface area contributed by atoms with Gasteiger partial charge in [0.2, 0.25) is 0 Å². The van der Waals surface area contributed by atoms with Crippen LogP contribution in [-0.2, 0) is 4.74 Å². The fourth-order valence-corrected chi connectivity index (χ4v) is 3.10. The molecule has 6 heteroatoms. The van der Waals surface area contributed by atoms with Gasteiger partial charge in [-0.25, -0.2) is 8.78 Å². The Kier molecular flexibility index (Phi) is 2.89. The molecule has 0 radical (unpaired) electrons. The zero-order chi connectivity index (χ0) is 12.0. The van der Waals surface area contributed by atoms with Crippen molar-refractivity contribution in [1.82, 2.24) is 9.78 Å². The molecule has 2 fully saturated rings. The molecule has 1 aliphatic heterocycles. The smallest absolute Gasteiger partial charge is 0.252 e. The molecule has 0 N–H and O–H groups in total. The van der Waals surface area contributed by atoms with Gasteiger partial charge in [-0.05, 0) is 35.1 Å². The molecule has 2 aliphatic rings. The van der Waals surface area contributed by atoms with Crippen LogP contribution in [0.4, 0.5) is 8.78 Å². The number of halogens is 3. The number of hydrogen-bond acceptors (Lipinski definition) is 2. The summed E-state index contributed by atoms with van der Waals surface area (Å²) in [6.45, 7) is 1.44. The molecule has 1 aromatic heterocycles. The minimum atomic E-state index is -2.49. The van der Waals surface area contributed by atoms with Gasteiger partial charge in [0, 0.05) is 31.1 Å². The van der Waals surface area contributed by atoms with E-state index < -0.39 is 5.92 Å². The van der Waals surface area contributed by atoms with Crippen LogP contribution >= 0.6 is 22.6 Å². The lowest BCUT2D eigenvalue weighted by Gasteiger charge is -2.36. The Morgan fingerprint density at radius 1 is 1.47 bits per heavy atom. The lowest BCUT2D eigenvalue weighted by molar-refractivity contribution is -0.107. The van der Waals surface area contributed by atoms with Crippen LogP contribution in [0.5, 0.6) is 0 Å². The first-order valence-corrected chi connectivity index (χ1v) is 6.83.